The van der Waals surface area contributed by atoms with Crippen molar-refractivity contribution in [3.05, 3.63) is 52.9 Å². The lowest BCUT2D eigenvalue weighted by atomic mass is 10.1. The van der Waals surface area contributed by atoms with Gasteiger partial charge in [0.05, 0.1) is 12.3 Å². The van der Waals surface area contributed by atoms with Crippen molar-refractivity contribution in [3.8, 4) is 17.0 Å². The number of hydrogen-bond donors (Lipinski definition) is 0. The molecular weight excluding hydrogens is 350 g/mol. The first-order valence-corrected chi connectivity index (χ1v) is 7.42. The van der Waals surface area contributed by atoms with Crippen molar-refractivity contribution < 1.29 is 14.1 Å². The second kappa shape index (κ2) is 6.15. The number of halogens is 1. The monoisotopic (exact) mass is 361 g/mol. The molecule has 0 N–H and O–H groups in total. The van der Waals surface area contributed by atoms with Crippen LogP contribution in [0.5, 0.6) is 0 Å². The van der Waals surface area contributed by atoms with Crippen molar-refractivity contribution in [2.75, 3.05) is 6.61 Å². The molecule has 6 nitrogen and oxygen atoms in total. The third-order valence-electron chi connectivity index (χ3n) is 2.98. The molecule has 0 amide bonds. The Kier molecular flexibility index (Phi) is 4.06. The van der Waals surface area contributed by atoms with Gasteiger partial charge >= 0.3 is 5.97 Å². The molecular formula is C15H12BrN3O3. The molecule has 2 aromatic heterocycles. The normalized spacial score (nSPS) is 10.6. The van der Waals surface area contributed by atoms with Crippen molar-refractivity contribution >= 4 is 21.9 Å². The number of esters is 1. The molecule has 1 aromatic carbocycles. The molecule has 0 fully saturated rings. The smallest absolute Gasteiger partial charge is 0.360 e. The van der Waals surface area contributed by atoms with E-state index in [1.54, 1.807) is 23.9 Å². The van der Waals surface area contributed by atoms with Crippen molar-refractivity contribution in [1.82, 2.24) is 14.9 Å². The van der Waals surface area contributed by atoms with E-state index < -0.39 is 5.97 Å². The Labute approximate surface area is 134 Å². The van der Waals surface area contributed by atoms with Gasteiger partial charge in [0.15, 0.2) is 11.5 Å². The summed E-state index contributed by atoms with van der Waals surface area (Å²) in [6.07, 6.45) is 3.56. The highest BCUT2D eigenvalue weighted by Gasteiger charge is 2.15. The summed E-state index contributed by atoms with van der Waals surface area (Å²) in [5.74, 6) is 0.000459. The molecule has 0 spiro atoms. The molecule has 3 aromatic rings. The number of rotatable bonds is 4. The Morgan fingerprint density at radius 2 is 2.27 bits per heavy atom. The second-order valence-electron chi connectivity index (χ2n) is 4.41. The van der Waals surface area contributed by atoms with Gasteiger partial charge in [-0.05, 0) is 47.1 Å². The van der Waals surface area contributed by atoms with Crippen LogP contribution in [0.2, 0.25) is 0 Å². The third-order valence-corrected chi connectivity index (χ3v) is 3.61. The molecule has 0 aliphatic rings. The summed E-state index contributed by atoms with van der Waals surface area (Å²) in [6, 6.07) is 9.07. The first-order valence-electron chi connectivity index (χ1n) is 6.63. The number of carbonyl (C=O) groups excluding carboxylic acids is 1. The van der Waals surface area contributed by atoms with Crippen LogP contribution in [-0.4, -0.2) is 27.5 Å². The van der Waals surface area contributed by atoms with Crippen molar-refractivity contribution in [2.45, 2.75) is 6.92 Å². The van der Waals surface area contributed by atoms with Crippen LogP contribution in [0.4, 0.5) is 0 Å². The summed E-state index contributed by atoms with van der Waals surface area (Å²) in [5, 5.41) is 7.92. The van der Waals surface area contributed by atoms with E-state index in [0.717, 1.165) is 15.7 Å². The first kappa shape index (κ1) is 14.5. The predicted octanol–water partition coefficient (Wildman–Crippen LogP) is 3.47. The average Bonchev–Trinajstić information content (AvgIpc) is 3.19. The van der Waals surface area contributed by atoms with E-state index in [0.29, 0.717) is 12.4 Å². The minimum absolute atomic E-state index is 0.157. The molecule has 0 atom stereocenters. The molecule has 3 rings (SSSR count). The minimum Gasteiger partial charge on any atom is -0.461 e. The van der Waals surface area contributed by atoms with E-state index in [-0.39, 0.29) is 5.69 Å². The Balaban J connectivity index is 1.90. The van der Waals surface area contributed by atoms with Crippen molar-refractivity contribution in [3.63, 3.8) is 0 Å². The van der Waals surface area contributed by atoms with Gasteiger partial charge in [0.2, 0.25) is 0 Å². The number of benzene rings is 1. The topological polar surface area (TPSA) is 70.2 Å². The Morgan fingerprint density at radius 1 is 1.41 bits per heavy atom. The summed E-state index contributed by atoms with van der Waals surface area (Å²) in [5.41, 5.74) is 1.86. The van der Waals surface area contributed by atoms with Gasteiger partial charge < -0.3 is 9.26 Å². The highest BCUT2D eigenvalue weighted by atomic mass is 79.9. The Morgan fingerprint density at radius 3 is 2.95 bits per heavy atom. The number of aromatic nitrogens is 3. The highest BCUT2D eigenvalue weighted by Crippen LogP contribution is 2.28. The van der Waals surface area contributed by atoms with Crippen LogP contribution in [0, 0.1) is 0 Å². The lowest BCUT2D eigenvalue weighted by Gasteiger charge is -2.05. The minimum atomic E-state index is -0.496. The molecule has 0 aliphatic carbocycles. The van der Waals surface area contributed by atoms with Crippen LogP contribution in [0.25, 0.3) is 17.0 Å². The fourth-order valence-corrected chi connectivity index (χ4v) is 2.53. The summed E-state index contributed by atoms with van der Waals surface area (Å²) in [4.78, 5) is 11.6. The van der Waals surface area contributed by atoms with E-state index in [9.17, 15) is 4.79 Å². The van der Waals surface area contributed by atoms with Crippen LogP contribution in [0.1, 0.15) is 17.4 Å². The molecule has 7 heteroatoms. The molecule has 0 saturated heterocycles. The van der Waals surface area contributed by atoms with Gasteiger partial charge in [0.1, 0.15) is 0 Å². The fraction of sp³-hybridized carbons (Fsp3) is 0.133. The quantitative estimate of drug-likeness (QED) is 0.665. The van der Waals surface area contributed by atoms with Gasteiger partial charge in [-0.3, -0.25) is 0 Å². The molecule has 112 valence electrons. The fourth-order valence-electron chi connectivity index (χ4n) is 1.97. The molecule has 22 heavy (non-hydrogen) atoms. The Bertz CT molecular complexity index is 796. The van der Waals surface area contributed by atoms with Crippen LogP contribution in [0.15, 0.2) is 51.7 Å². The SMILES string of the molecule is CCOC(=O)c1cc(-c2ccc(-n3cccn3)c(Br)c2)on1. The van der Waals surface area contributed by atoms with E-state index in [4.69, 9.17) is 9.26 Å². The van der Waals surface area contributed by atoms with Gasteiger partial charge in [-0.2, -0.15) is 5.10 Å². The molecule has 0 radical (unpaired) electrons. The van der Waals surface area contributed by atoms with Gasteiger partial charge in [-0.25, -0.2) is 9.48 Å². The summed E-state index contributed by atoms with van der Waals surface area (Å²) in [6.45, 7) is 2.04. The largest absolute Gasteiger partial charge is 0.461 e. The van der Waals surface area contributed by atoms with Gasteiger partial charge in [0, 0.05) is 28.5 Å². The van der Waals surface area contributed by atoms with E-state index >= 15 is 0 Å². The van der Waals surface area contributed by atoms with Gasteiger partial charge in [-0.1, -0.05) is 5.16 Å². The van der Waals surface area contributed by atoms with Crippen LogP contribution in [0.3, 0.4) is 0 Å². The van der Waals surface area contributed by atoms with Crippen molar-refractivity contribution in [2.24, 2.45) is 0 Å². The van der Waals surface area contributed by atoms with E-state index in [1.807, 2.05) is 30.5 Å². The zero-order chi connectivity index (χ0) is 15.5. The second-order valence-corrected chi connectivity index (χ2v) is 5.27. The lowest BCUT2D eigenvalue weighted by molar-refractivity contribution is 0.0514. The zero-order valence-corrected chi connectivity index (χ0v) is 13.3. The lowest BCUT2D eigenvalue weighted by Crippen LogP contribution is -2.04. The summed E-state index contributed by atoms with van der Waals surface area (Å²) >= 11 is 3.51. The molecule has 0 aliphatic heterocycles. The number of nitrogens with zero attached hydrogens (tertiary/aromatic N) is 3. The Hall–Kier alpha value is -2.41. The predicted molar refractivity (Wildman–Crippen MR) is 82.7 cm³/mol. The van der Waals surface area contributed by atoms with E-state index in [2.05, 4.69) is 26.2 Å². The summed E-state index contributed by atoms with van der Waals surface area (Å²) in [7, 11) is 0. The van der Waals surface area contributed by atoms with Crippen LogP contribution in [-0.2, 0) is 4.74 Å². The number of ether oxygens (including phenoxy) is 1. The molecule has 0 saturated carbocycles. The standard InChI is InChI=1S/C15H12BrN3O3/c1-2-21-15(20)12-9-14(22-18-12)10-4-5-13(11(16)8-10)19-7-3-6-17-19/h3-9H,2H2,1H3. The number of hydrogen-bond acceptors (Lipinski definition) is 5. The zero-order valence-electron chi connectivity index (χ0n) is 11.7. The average molecular weight is 362 g/mol. The molecule has 0 bridgehead atoms. The maximum absolute atomic E-state index is 11.6. The summed E-state index contributed by atoms with van der Waals surface area (Å²) < 4.78 is 12.7. The van der Waals surface area contributed by atoms with E-state index in [1.165, 1.54) is 0 Å². The number of carbonyl (C=O) groups is 1. The van der Waals surface area contributed by atoms with Crippen LogP contribution >= 0.6 is 15.9 Å². The maximum atomic E-state index is 11.6. The van der Waals surface area contributed by atoms with Gasteiger partial charge in [0.25, 0.3) is 0 Å². The van der Waals surface area contributed by atoms with Crippen molar-refractivity contribution in [1.29, 1.82) is 0 Å². The first-order chi connectivity index (χ1) is 10.7. The maximum Gasteiger partial charge on any atom is 0.360 e. The van der Waals surface area contributed by atoms with Crippen LogP contribution < -0.4 is 0 Å². The third kappa shape index (κ3) is 2.80. The molecule has 2 heterocycles. The van der Waals surface area contributed by atoms with Gasteiger partial charge in [-0.15, -0.1) is 0 Å². The molecule has 0 unspecified atom stereocenters. The highest BCUT2D eigenvalue weighted by molar-refractivity contribution is 9.10.